The van der Waals surface area contributed by atoms with Crippen LogP contribution in [0.5, 0.6) is 0 Å². The van der Waals surface area contributed by atoms with Crippen molar-refractivity contribution in [3.8, 4) is 11.5 Å². The van der Waals surface area contributed by atoms with Crippen LogP contribution in [0.2, 0.25) is 0 Å². The van der Waals surface area contributed by atoms with E-state index in [1.165, 1.54) is 35.2 Å². The van der Waals surface area contributed by atoms with Gasteiger partial charge in [-0.25, -0.2) is 4.39 Å². The minimum atomic E-state index is -0.295. The lowest BCUT2D eigenvalue weighted by Crippen LogP contribution is -2.13. The maximum atomic E-state index is 12.8. The molecular formula is C15H12FN3O2S2. The van der Waals surface area contributed by atoms with Gasteiger partial charge in [-0.3, -0.25) is 4.79 Å². The maximum absolute atomic E-state index is 12.8. The van der Waals surface area contributed by atoms with Crippen molar-refractivity contribution in [3.05, 3.63) is 47.4 Å². The first kappa shape index (κ1) is 15.7. The number of carbonyl (C=O) groups is 1. The zero-order valence-corrected chi connectivity index (χ0v) is 13.7. The number of benzene rings is 1. The molecule has 5 nitrogen and oxygen atoms in total. The molecule has 23 heavy (non-hydrogen) atoms. The topological polar surface area (TPSA) is 68.0 Å². The number of thioether (sulfide) groups is 1. The van der Waals surface area contributed by atoms with Crippen LogP contribution in [0.1, 0.15) is 5.82 Å². The minimum Gasteiger partial charge on any atom is -0.334 e. The lowest BCUT2D eigenvalue weighted by atomic mass is 10.3. The SMILES string of the molecule is Cc1noc(-c2ccsc2NC(=O)CSc2ccc(F)cc2)n1. The third kappa shape index (κ3) is 3.96. The Bertz CT molecular complexity index is 814. The van der Waals surface area contributed by atoms with E-state index in [9.17, 15) is 9.18 Å². The Hall–Kier alpha value is -2.19. The number of hydrogen-bond acceptors (Lipinski definition) is 6. The fourth-order valence-electron chi connectivity index (χ4n) is 1.82. The third-order valence-corrected chi connectivity index (χ3v) is 4.70. The van der Waals surface area contributed by atoms with Gasteiger partial charge >= 0.3 is 0 Å². The highest BCUT2D eigenvalue weighted by Gasteiger charge is 2.15. The molecule has 2 heterocycles. The number of rotatable bonds is 5. The second-order valence-corrected chi connectivity index (χ2v) is 6.57. The molecule has 0 saturated carbocycles. The van der Waals surface area contributed by atoms with Gasteiger partial charge in [-0.05, 0) is 42.6 Å². The Kier molecular flexibility index (Phi) is 4.73. The minimum absolute atomic E-state index is 0.153. The zero-order valence-electron chi connectivity index (χ0n) is 12.1. The van der Waals surface area contributed by atoms with E-state index in [-0.39, 0.29) is 17.5 Å². The summed E-state index contributed by atoms with van der Waals surface area (Å²) in [5.41, 5.74) is 0.704. The van der Waals surface area contributed by atoms with Gasteiger partial charge in [0.1, 0.15) is 10.8 Å². The molecule has 0 aliphatic heterocycles. The van der Waals surface area contributed by atoms with Crippen LogP contribution >= 0.6 is 23.1 Å². The van der Waals surface area contributed by atoms with Crippen LogP contribution in [0.3, 0.4) is 0 Å². The molecule has 0 aliphatic rings. The van der Waals surface area contributed by atoms with E-state index in [2.05, 4.69) is 15.5 Å². The van der Waals surface area contributed by atoms with E-state index in [0.717, 1.165) is 4.90 Å². The largest absolute Gasteiger partial charge is 0.334 e. The second-order valence-electron chi connectivity index (χ2n) is 4.60. The first-order valence-electron chi connectivity index (χ1n) is 6.68. The molecule has 2 aromatic heterocycles. The summed E-state index contributed by atoms with van der Waals surface area (Å²) in [7, 11) is 0. The molecule has 0 radical (unpaired) electrons. The van der Waals surface area contributed by atoms with Crippen molar-refractivity contribution < 1.29 is 13.7 Å². The number of halogens is 1. The number of anilines is 1. The van der Waals surface area contributed by atoms with Gasteiger partial charge in [0.15, 0.2) is 5.82 Å². The summed E-state index contributed by atoms with van der Waals surface area (Å²) in [4.78, 5) is 17.1. The van der Waals surface area contributed by atoms with Crippen molar-refractivity contribution in [2.75, 3.05) is 11.1 Å². The number of carbonyl (C=O) groups excluding carboxylic acids is 1. The van der Waals surface area contributed by atoms with Crippen molar-refractivity contribution >= 4 is 34.0 Å². The standard InChI is InChI=1S/C15H12FN3O2S2/c1-9-17-14(21-19-9)12-6-7-22-15(12)18-13(20)8-23-11-4-2-10(16)3-5-11/h2-7H,8H2,1H3,(H,18,20). The van der Waals surface area contributed by atoms with E-state index < -0.39 is 0 Å². The van der Waals surface area contributed by atoms with Gasteiger partial charge in [0, 0.05) is 4.90 Å². The summed E-state index contributed by atoms with van der Waals surface area (Å²) in [6, 6.07) is 7.85. The predicted molar refractivity (Wildman–Crippen MR) is 88.1 cm³/mol. The Morgan fingerprint density at radius 3 is 2.83 bits per heavy atom. The molecule has 1 N–H and O–H groups in total. The normalized spacial score (nSPS) is 10.7. The first-order chi connectivity index (χ1) is 11.1. The van der Waals surface area contributed by atoms with Crippen molar-refractivity contribution in [1.29, 1.82) is 0 Å². The predicted octanol–water partition coefficient (Wildman–Crippen LogP) is 3.98. The number of thiophene rings is 1. The van der Waals surface area contributed by atoms with Crippen LogP contribution < -0.4 is 5.32 Å². The van der Waals surface area contributed by atoms with Crippen LogP contribution in [0, 0.1) is 12.7 Å². The molecule has 1 aromatic carbocycles. The number of nitrogens with one attached hydrogen (secondary N) is 1. The molecular weight excluding hydrogens is 337 g/mol. The van der Waals surface area contributed by atoms with Crippen LogP contribution in [0.25, 0.3) is 11.5 Å². The van der Waals surface area contributed by atoms with Gasteiger partial charge in [-0.15, -0.1) is 23.1 Å². The molecule has 0 spiro atoms. The number of hydrogen-bond donors (Lipinski definition) is 1. The molecule has 0 bridgehead atoms. The molecule has 0 unspecified atom stereocenters. The molecule has 0 aliphatic carbocycles. The number of amides is 1. The molecule has 0 atom stereocenters. The summed E-state index contributed by atoms with van der Waals surface area (Å²) in [5, 5.41) is 9.09. The summed E-state index contributed by atoms with van der Waals surface area (Å²) in [5.74, 6) is 0.697. The van der Waals surface area contributed by atoms with Crippen molar-refractivity contribution in [3.63, 3.8) is 0 Å². The Balaban J connectivity index is 1.62. The van der Waals surface area contributed by atoms with Crippen LogP contribution in [-0.4, -0.2) is 21.8 Å². The van der Waals surface area contributed by atoms with Gasteiger partial charge in [-0.2, -0.15) is 4.98 Å². The fraction of sp³-hybridized carbons (Fsp3) is 0.133. The highest BCUT2D eigenvalue weighted by Crippen LogP contribution is 2.32. The van der Waals surface area contributed by atoms with Crippen LogP contribution in [0.4, 0.5) is 9.39 Å². The molecule has 8 heteroatoms. The van der Waals surface area contributed by atoms with Crippen molar-refractivity contribution in [1.82, 2.24) is 10.1 Å². The average molecular weight is 349 g/mol. The number of aromatic nitrogens is 2. The van der Waals surface area contributed by atoms with Gasteiger partial charge in [0.05, 0.1) is 11.3 Å². The van der Waals surface area contributed by atoms with Gasteiger partial charge < -0.3 is 9.84 Å². The summed E-state index contributed by atoms with van der Waals surface area (Å²) >= 11 is 2.73. The molecule has 0 saturated heterocycles. The summed E-state index contributed by atoms with van der Waals surface area (Å²) in [6.07, 6.45) is 0. The average Bonchev–Trinajstić information content (AvgIpc) is 3.15. The highest BCUT2D eigenvalue weighted by molar-refractivity contribution is 8.00. The van der Waals surface area contributed by atoms with E-state index in [1.807, 2.05) is 11.4 Å². The Morgan fingerprint density at radius 2 is 2.13 bits per heavy atom. The molecule has 118 valence electrons. The molecule has 3 rings (SSSR count). The summed E-state index contributed by atoms with van der Waals surface area (Å²) in [6.45, 7) is 1.73. The lowest BCUT2D eigenvalue weighted by molar-refractivity contribution is -0.113. The lowest BCUT2D eigenvalue weighted by Gasteiger charge is -2.04. The first-order valence-corrected chi connectivity index (χ1v) is 8.55. The van der Waals surface area contributed by atoms with Crippen LogP contribution in [0.15, 0.2) is 45.1 Å². The Labute approximate surface area is 139 Å². The monoisotopic (exact) mass is 349 g/mol. The maximum Gasteiger partial charge on any atom is 0.260 e. The zero-order chi connectivity index (χ0) is 16.2. The van der Waals surface area contributed by atoms with E-state index in [4.69, 9.17) is 4.52 Å². The number of aryl methyl sites for hydroxylation is 1. The van der Waals surface area contributed by atoms with Crippen molar-refractivity contribution in [2.45, 2.75) is 11.8 Å². The number of nitrogens with zero attached hydrogens (tertiary/aromatic N) is 2. The van der Waals surface area contributed by atoms with Gasteiger partial charge in [0.2, 0.25) is 5.91 Å². The molecule has 0 fully saturated rings. The highest BCUT2D eigenvalue weighted by atomic mass is 32.2. The Morgan fingerprint density at radius 1 is 1.35 bits per heavy atom. The van der Waals surface area contributed by atoms with E-state index in [0.29, 0.717) is 22.3 Å². The van der Waals surface area contributed by atoms with E-state index >= 15 is 0 Å². The fourth-order valence-corrected chi connectivity index (χ4v) is 3.32. The molecule has 3 aromatic rings. The van der Waals surface area contributed by atoms with Crippen molar-refractivity contribution in [2.24, 2.45) is 0 Å². The van der Waals surface area contributed by atoms with Gasteiger partial charge in [0.25, 0.3) is 5.89 Å². The van der Waals surface area contributed by atoms with Gasteiger partial charge in [-0.1, -0.05) is 5.16 Å². The smallest absolute Gasteiger partial charge is 0.260 e. The second kappa shape index (κ2) is 6.93. The van der Waals surface area contributed by atoms with E-state index in [1.54, 1.807) is 19.1 Å². The van der Waals surface area contributed by atoms with Crippen LogP contribution in [-0.2, 0) is 4.79 Å². The quantitative estimate of drug-likeness (QED) is 0.706. The summed E-state index contributed by atoms with van der Waals surface area (Å²) < 4.78 is 18.0. The molecule has 1 amide bonds. The third-order valence-electron chi connectivity index (χ3n) is 2.86.